The molecule has 2 aliphatic rings. The molecule has 3 rings (SSSR count). The van der Waals surface area contributed by atoms with Gasteiger partial charge in [0.1, 0.15) is 4.90 Å². The standard InChI is InChI=1S/C19H26Cl2N2O3S/c1-13-4-2-3-5-17(13)22-19(24)14-8-10-23(11-9-14)27(25,26)18-12-15(20)6-7-16(18)21/h6-7,12-14,17H,2-5,8-11H2,1H3,(H,22,24). The quantitative estimate of drug-likeness (QED) is 0.778. The van der Waals surface area contributed by atoms with Crippen LogP contribution in [0.25, 0.3) is 0 Å². The molecule has 1 aliphatic carbocycles. The number of benzene rings is 1. The molecule has 2 fully saturated rings. The Bertz CT molecular complexity index is 792. The maximum Gasteiger partial charge on any atom is 0.244 e. The lowest BCUT2D eigenvalue weighted by molar-refractivity contribution is -0.127. The van der Waals surface area contributed by atoms with Crippen molar-refractivity contribution in [3.05, 3.63) is 28.2 Å². The Morgan fingerprint density at radius 3 is 2.44 bits per heavy atom. The number of rotatable bonds is 4. The van der Waals surface area contributed by atoms with Crippen LogP contribution in [0.2, 0.25) is 10.0 Å². The Morgan fingerprint density at radius 1 is 1.11 bits per heavy atom. The van der Waals surface area contributed by atoms with Crippen LogP contribution in [0, 0.1) is 11.8 Å². The van der Waals surface area contributed by atoms with Crippen molar-refractivity contribution in [2.45, 2.75) is 56.4 Å². The zero-order valence-corrected chi connectivity index (χ0v) is 17.8. The molecule has 1 aromatic rings. The van der Waals surface area contributed by atoms with E-state index in [4.69, 9.17) is 23.2 Å². The molecule has 0 spiro atoms. The summed E-state index contributed by atoms with van der Waals surface area (Å²) in [6, 6.07) is 4.68. The van der Waals surface area contributed by atoms with E-state index in [1.54, 1.807) is 6.07 Å². The summed E-state index contributed by atoms with van der Waals surface area (Å²) in [5.74, 6) is 0.431. The first-order valence-corrected chi connectivity index (χ1v) is 11.7. The Balaban J connectivity index is 1.61. The highest BCUT2D eigenvalue weighted by molar-refractivity contribution is 7.89. The number of nitrogens with one attached hydrogen (secondary N) is 1. The summed E-state index contributed by atoms with van der Waals surface area (Å²) in [7, 11) is -3.72. The second-order valence-electron chi connectivity index (χ2n) is 7.63. The van der Waals surface area contributed by atoms with Gasteiger partial charge in [0, 0.05) is 30.1 Å². The van der Waals surface area contributed by atoms with E-state index >= 15 is 0 Å². The molecular formula is C19H26Cl2N2O3S. The summed E-state index contributed by atoms with van der Waals surface area (Å²) in [6.07, 6.45) is 5.62. The van der Waals surface area contributed by atoms with Crippen LogP contribution in [0.15, 0.2) is 23.1 Å². The monoisotopic (exact) mass is 432 g/mol. The van der Waals surface area contributed by atoms with E-state index in [0.717, 1.165) is 19.3 Å². The van der Waals surface area contributed by atoms with Crippen LogP contribution < -0.4 is 5.32 Å². The third-order valence-corrected chi connectivity index (χ3v) is 8.39. The van der Waals surface area contributed by atoms with Crippen LogP contribution in [-0.2, 0) is 14.8 Å². The molecule has 1 aromatic carbocycles. The molecule has 0 aromatic heterocycles. The van der Waals surface area contributed by atoms with Crippen LogP contribution in [-0.4, -0.2) is 37.8 Å². The van der Waals surface area contributed by atoms with Crippen molar-refractivity contribution in [3.8, 4) is 0 Å². The molecule has 0 radical (unpaired) electrons. The summed E-state index contributed by atoms with van der Waals surface area (Å²) in [4.78, 5) is 12.6. The minimum atomic E-state index is -3.72. The predicted octanol–water partition coefficient (Wildman–Crippen LogP) is 4.09. The van der Waals surface area contributed by atoms with Gasteiger partial charge in [0.25, 0.3) is 0 Å². The number of hydrogen-bond acceptors (Lipinski definition) is 3. The van der Waals surface area contributed by atoms with Gasteiger partial charge < -0.3 is 5.32 Å². The molecule has 2 unspecified atom stereocenters. The lowest BCUT2D eigenvalue weighted by atomic mass is 9.85. The number of hydrogen-bond donors (Lipinski definition) is 1. The Morgan fingerprint density at radius 2 is 1.78 bits per heavy atom. The SMILES string of the molecule is CC1CCCCC1NC(=O)C1CCN(S(=O)(=O)c2cc(Cl)ccc2Cl)CC1. The first-order valence-electron chi connectivity index (χ1n) is 9.54. The fourth-order valence-corrected chi connectivity index (χ4v) is 6.21. The first kappa shape index (κ1) is 20.9. The van der Waals surface area contributed by atoms with Gasteiger partial charge in [-0.1, -0.05) is 43.0 Å². The number of amides is 1. The molecule has 1 N–H and O–H groups in total. The normalized spacial score (nSPS) is 25.3. The molecule has 5 nitrogen and oxygen atoms in total. The van der Waals surface area contributed by atoms with Gasteiger partial charge in [0.05, 0.1) is 5.02 Å². The van der Waals surface area contributed by atoms with Gasteiger partial charge in [0.15, 0.2) is 0 Å². The maximum atomic E-state index is 12.9. The average Bonchev–Trinajstić information content (AvgIpc) is 2.65. The lowest BCUT2D eigenvalue weighted by Crippen LogP contribution is -2.47. The molecule has 1 heterocycles. The van der Waals surface area contributed by atoms with E-state index in [9.17, 15) is 13.2 Å². The van der Waals surface area contributed by atoms with E-state index in [1.165, 1.54) is 22.9 Å². The van der Waals surface area contributed by atoms with Gasteiger partial charge in [-0.05, 0) is 49.8 Å². The van der Waals surface area contributed by atoms with E-state index in [0.29, 0.717) is 36.9 Å². The van der Waals surface area contributed by atoms with Gasteiger partial charge in [-0.25, -0.2) is 8.42 Å². The number of halogens is 2. The number of carbonyl (C=O) groups excluding carboxylic acids is 1. The van der Waals surface area contributed by atoms with Crippen molar-refractivity contribution >= 4 is 39.1 Å². The highest BCUT2D eigenvalue weighted by atomic mass is 35.5. The van der Waals surface area contributed by atoms with Crippen LogP contribution in [0.1, 0.15) is 45.4 Å². The minimum Gasteiger partial charge on any atom is -0.353 e. The zero-order chi connectivity index (χ0) is 19.6. The third kappa shape index (κ3) is 4.78. The van der Waals surface area contributed by atoms with Crippen molar-refractivity contribution < 1.29 is 13.2 Å². The second-order valence-corrected chi connectivity index (χ2v) is 10.4. The van der Waals surface area contributed by atoms with Crippen LogP contribution in [0.5, 0.6) is 0 Å². The molecule has 2 atom stereocenters. The van der Waals surface area contributed by atoms with Gasteiger partial charge in [-0.2, -0.15) is 4.31 Å². The largest absolute Gasteiger partial charge is 0.353 e. The van der Waals surface area contributed by atoms with E-state index in [1.807, 2.05) is 0 Å². The summed E-state index contributed by atoms with van der Waals surface area (Å²) in [6.45, 7) is 2.81. The van der Waals surface area contributed by atoms with Crippen LogP contribution in [0.3, 0.4) is 0 Å². The topological polar surface area (TPSA) is 66.5 Å². The van der Waals surface area contributed by atoms with Gasteiger partial charge in [-0.15, -0.1) is 0 Å². The van der Waals surface area contributed by atoms with Crippen LogP contribution in [0.4, 0.5) is 0 Å². The second kappa shape index (κ2) is 8.68. The molecule has 1 amide bonds. The number of carbonyl (C=O) groups is 1. The summed E-state index contributed by atoms with van der Waals surface area (Å²) in [5, 5.41) is 3.68. The molecule has 8 heteroatoms. The van der Waals surface area contributed by atoms with E-state index < -0.39 is 10.0 Å². The third-order valence-electron chi connectivity index (χ3n) is 5.77. The number of piperidine rings is 1. The minimum absolute atomic E-state index is 0.0237. The molecule has 150 valence electrons. The van der Waals surface area contributed by atoms with Crippen molar-refractivity contribution in [1.82, 2.24) is 9.62 Å². The van der Waals surface area contributed by atoms with Crippen molar-refractivity contribution in [2.24, 2.45) is 11.8 Å². The fraction of sp³-hybridized carbons (Fsp3) is 0.632. The van der Waals surface area contributed by atoms with Crippen molar-refractivity contribution in [2.75, 3.05) is 13.1 Å². The van der Waals surface area contributed by atoms with E-state index in [2.05, 4.69) is 12.2 Å². The highest BCUT2D eigenvalue weighted by Gasteiger charge is 2.34. The summed E-state index contributed by atoms with van der Waals surface area (Å²) in [5.41, 5.74) is 0. The molecule has 1 saturated carbocycles. The number of nitrogens with zero attached hydrogens (tertiary/aromatic N) is 1. The van der Waals surface area contributed by atoms with Crippen molar-refractivity contribution in [1.29, 1.82) is 0 Å². The zero-order valence-electron chi connectivity index (χ0n) is 15.5. The van der Waals surface area contributed by atoms with Crippen LogP contribution >= 0.6 is 23.2 Å². The predicted molar refractivity (Wildman–Crippen MR) is 108 cm³/mol. The molecular weight excluding hydrogens is 407 g/mol. The van der Waals surface area contributed by atoms with E-state index in [-0.39, 0.29) is 27.8 Å². The first-order chi connectivity index (χ1) is 12.8. The Hall–Kier alpha value is -0.820. The lowest BCUT2D eigenvalue weighted by Gasteiger charge is -2.34. The Labute approximate surface area is 171 Å². The summed E-state index contributed by atoms with van der Waals surface area (Å²) >= 11 is 12.0. The smallest absolute Gasteiger partial charge is 0.244 e. The van der Waals surface area contributed by atoms with Gasteiger partial charge in [-0.3, -0.25) is 4.79 Å². The molecule has 27 heavy (non-hydrogen) atoms. The number of sulfonamides is 1. The highest BCUT2D eigenvalue weighted by Crippen LogP contribution is 2.31. The Kier molecular flexibility index (Phi) is 6.72. The fourth-order valence-electron chi connectivity index (χ4n) is 4.00. The molecule has 0 bridgehead atoms. The van der Waals surface area contributed by atoms with Gasteiger partial charge in [0.2, 0.25) is 15.9 Å². The molecule has 1 aliphatic heterocycles. The maximum absolute atomic E-state index is 12.9. The van der Waals surface area contributed by atoms with Crippen molar-refractivity contribution in [3.63, 3.8) is 0 Å². The molecule has 1 saturated heterocycles. The van der Waals surface area contributed by atoms with Gasteiger partial charge >= 0.3 is 0 Å². The average molecular weight is 433 g/mol. The summed E-state index contributed by atoms with van der Waals surface area (Å²) < 4.78 is 27.2.